The monoisotopic (exact) mass is 332 g/mol. The predicted molar refractivity (Wildman–Crippen MR) is 85.6 cm³/mol. The van der Waals surface area contributed by atoms with E-state index in [1.54, 1.807) is 23.1 Å². The number of benzene rings is 1. The molecule has 1 aliphatic rings. The van der Waals surface area contributed by atoms with Crippen LogP contribution in [0.15, 0.2) is 24.3 Å². The summed E-state index contributed by atoms with van der Waals surface area (Å²) in [6, 6.07) is 6.18. The van der Waals surface area contributed by atoms with Gasteiger partial charge < -0.3 is 14.2 Å². The van der Waals surface area contributed by atoms with Gasteiger partial charge in [0, 0.05) is 19.7 Å². The van der Waals surface area contributed by atoms with E-state index in [4.69, 9.17) is 4.74 Å². The standard InChI is InChI=1S/C17H21FN4O2/c1-3-24-11-15-19-20-17-12(2)21(8-9-22(15)17)16(23)10-13-6-4-5-7-14(13)18/h4-7,12H,3,8-11H2,1-2H3/t12-/m0/s1. The van der Waals surface area contributed by atoms with Gasteiger partial charge in [0.25, 0.3) is 0 Å². The van der Waals surface area contributed by atoms with Crippen LogP contribution in [0.4, 0.5) is 4.39 Å². The smallest absolute Gasteiger partial charge is 0.227 e. The highest BCUT2D eigenvalue weighted by Crippen LogP contribution is 2.25. The Bertz CT molecular complexity index is 731. The van der Waals surface area contributed by atoms with E-state index in [1.165, 1.54) is 6.07 Å². The number of halogens is 1. The average Bonchev–Trinajstić information content (AvgIpc) is 2.99. The molecule has 0 saturated carbocycles. The van der Waals surface area contributed by atoms with Crippen molar-refractivity contribution < 1.29 is 13.9 Å². The minimum Gasteiger partial charge on any atom is -0.374 e. The molecular weight excluding hydrogens is 311 g/mol. The molecule has 0 spiro atoms. The number of fused-ring (bicyclic) bond motifs is 1. The van der Waals surface area contributed by atoms with Gasteiger partial charge in [0.2, 0.25) is 5.91 Å². The quantitative estimate of drug-likeness (QED) is 0.841. The summed E-state index contributed by atoms with van der Waals surface area (Å²) in [5.41, 5.74) is 0.416. The van der Waals surface area contributed by atoms with Crippen LogP contribution in [0.2, 0.25) is 0 Å². The van der Waals surface area contributed by atoms with Gasteiger partial charge in [0.1, 0.15) is 12.4 Å². The van der Waals surface area contributed by atoms with Crippen LogP contribution < -0.4 is 0 Å². The molecule has 1 amide bonds. The Morgan fingerprint density at radius 3 is 2.88 bits per heavy atom. The molecule has 0 bridgehead atoms. The molecule has 0 saturated heterocycles. The first-order valence-electron chi connectivity index (χ1n) is 8.14. The minimum absolute atomic E-state index is 0.0525. The van der Waals surface area contributed by atoms with E-state index in [0.29, 0.717) is 31.9 Å². The maximum Gasteiger partial charge on any atom is 0.227 e. The first kappa shape index (κ1) is 16.6. The van der Waals surface area contributed by atoms with Gasteiger partial charge >= 0.3 is 0 Å². The number of rotatable bonds is 5. The van der Waals surface area contributed by atoms with Gasteiger partial charge in [-0.2, -0.15) is 0 Å². The highest BCUT2D eigenvalue weighted by molar-refractivity contribution is 5.79. The Labute approximate surface area is 140 Å². The highest BCUT2D eigenvalue weighted by Gasteiger charge is 2.31. The summed E-state index contributed by atoms with van der Waals surface area (Å²) < 4.78 is 21.2. The zero-order valence-corrected chi connectivity index (χ0v) is 13.9. The SMILES string of the molecule is CCOCc1nnc2n1CCN(C(=O)Cc1ccccc1F)[C@H]2C. The van der Waals surface area contributed by atoms with E-state index >= 15 is 0 Å². The molecule has 1 atom stereocenters. The lowest BCUT2D eigenvalue weighted by molar-refractivity contribution is -0.133. The number of hydrogen-bond donors (Lipinski definition) is 0. The summed E-state index contributed by atoms with van der Waals surface area (Å²) in [5.74, 6) is 1.07. The summed E-state index contributed by atoms with van der Waals surface area (Å²) in [6.45, 7) is 6.06. The van der Waals surface area contributed by atoms with Gasteiger partial charge in [-0.05, 0) is 25.5 Å². The third kappa shape index (κ3) is 3.17. The van der Waals surface area contributed by atoms with Crippen LogP contribution in [-0.2, 0) is 29.1 Å². The van der Waals surface area contributed by atoms with Gasteiger partial charge in [-0.3, -0.25) is 4.79 Å². The molecule has 24 heavy (non-hydrogen) atoms. The lowest BCUT2D eigenvalue weighted by Gasteiger charge is -2.34. The van der Waals surface area contributed by atoms with Crippen molar-refractivity contribution in [3.8, 4) is 0 Å². The number of amides is 1. The number of aromatic nitrogens is 3. The fourth-order valence-electron chi connectivity index (χ4n) is 2.99. The summed E-state index contributed by atoms with van der Waals surface area (Å²) in [4.78, 5) is 14.3. The van der Waals surface area contributed by atoms with Gasteiger partial charge in [-0.1, -0.05) is 18.2 Å². The van der Waals surface area contributed by atoms with Gasteiger partial charge in [-0.15, -0.1) is 10.2 Å². The van der Waals surface area contributed by atoms with Crippen molar-refractivity contribution in [2.75, 3.05) is 13.2 Å². The van der Waals surface area contributed by atoms with Crippen LogP contribution in [0.5, 0.6) is 0 Å². The molecule has 128 valence electrons. The second-order valence-corrected chi connectivity index (χ2v) is 5.79. The summed E-state index contributed by atoms with van der Waals surface area (Å²) in [5, 5.41) is 8.38. The van der Waals surface area contributed by atoms with Crippen LogP contribution in [0, 0.1) is 5.82 Å². The molecule has 0 N–H and O–H groups in total. The van der Waals surface area contributed by atoms with Crippen LogP contribution in [0.25, 0.3) is 0 Å². The number of nitrogens with zero attached hydrogens (tertiary/aromatic N) is 4. The van der Waals surface area contributed by atoms with Crippen molar-refractivity contribution in [3.05, 3.63) is 47.3 Å². The molecule has 2 heterocycles. The van der Waals surface area contributed by atoms with Crippen LogP contribution in [-0.4, -0.2) is 38.7 Å². The van der Waals surface area contributed by atoms with E-state index in [9.17, 15) is 9.18 Å². The minimum atomic E-state index is -0.349. The van der Waals surface area contributed by atoms with Crippen LogP contribution in [0.3, 0.4) is 0 Å². The molecular formula is C17H21FN4O2. The van der Waals surface area contributed by atoms with Gasteiger partial charge in [-0.25, -0.2) is 4.39 Å². The van der Waals surface area contributed by atoms with Gasteiger partial charge in [0.05, 0.1) is 12.5 Å². The van der Waals surface area contributed by atoms with Crippen molar-refractivity contribution in [2.24, 2.45) is 0 Å². The maximum atomic E-state index is 13.8. The normalized spacial score (nSPS) is 17.0. The number of hydrogen-bond acceptors (Lipinski definition) is 4. The molecule has 1 aromatic carbocycles. The molecule has 1 aliphatic heterocycles. The number of ether oxygens (including phenoxy) is 1. The third-order valence-electron chi connectivity index (χ3n) is 4.32. The molecule has 6 nitrogen and oxygen atoms in total. The number of carbonyl (C=O) groups excluding carboxylic acids is 1. The van der Waals surface area contributed by atoms with E-state index < -0.39 is 0 Å². The summed E-state index contributed by atoms with van der Waals surface area (Å²) in [6.07, 6.45) is 0.0525. The van der Waals surface area contributed by atoms with E-state index in [-0.39, 0.29) is 24.2 Å². The maximum absolute atomic E-state index is 13.8. The molecule has 0 radical (unpaired) electrons. The van der Waals surface area contributed by atoms with Crippen molar-refractivity contribution in [3.63, 3.8) is 0 Å². The van der Waals surface area contributed by atoms with Crippen LogP contribution >= 0.6 is 0 Å². The first-order valence-corrected chi connectivity index (χ1v) is 8.14. The van der Waals surface area contributed by atoms with Crippen molar-refractivity contribution in [1.29, 1.82) is 0 Å². The zero-order valence-electron chi connectivity index (χ0n) is 13.9. The molecule has 0 unspecified atom stereocenters. The van der Waals surface area contributed by atoms with Crippen molar-refractivity contribution in [2.45, 2.75) is 39.5 Å². The molecule has 0 aliphatic carbocycles. The first-order chi connectivity index (χ1) is 11.6. The fourth-order valence-corrected chi connectivity index (χ4v) is 2.99. The Morgan fingerprint density at radius 2 is 2.12 bits per heavy atom. The van der Waals surface area contributed by atoms with E-state index in [2.05, 4.69) is 10.2 Å². The highest BCUT2D eigenvalue weighted by atomic mass is 19.1. The molecule has 3 rings (SSSR count). The number of carbonyl (C=O) groups is 1. The molecule has 2 aromatic rings. The van der Waals surface area contributed by atoms with Crippen molar-refractivity contribution in [1.82, 2.24) is 19.7 Å². The Balaban J connectivity index is 1.74. The Hall–Kier alpha value is -2.28. The second kappa shape index (κ2) is 7.09. The molecule has 0 fully saturated rings. The second-order valence-electron chi connectivity index (χ2n) is 5.79. The topological polar surface area (TPSA) is 60.3 Å². The largest absolute Gasteiger partial charge is 0.374 e. The summed E-state index contributed by atoms with van der Waals surface area (Å²) >= 11 is 0. The third-order valence-corrected chi connectivity index (χ3v) is 4.32. The van der Waals surface area contributed by atoms with Crippen molar-refractivity contribution >= 4 is 5.91 Å². The fraction of sp³-hybridized carbons (Fsp3) is 0.471. The molecule has 1 aromatic heterocycles. The van der Waals surface area contributed by atoms with Gasteiger partial charge in [0.15, 0.2) is 11.6 Å². The lowest BCUT2D eigenvalue weighted by Crippen LogP contribution is -2.42. The molecule has 7 heteroatoms. The Morgan fingerprint density at radius 1 is 1.33 bits per heavy atom. The van der Waals surface area contributed by atoms with E-state index in [1.807, 2.05) is 18.4 Å². The average molecular weight is 332 g/mol. The predicted octanol–water partition coefficient (Wildman–Crippen LogP) is 2.10. The lowest BCUT2D eigenvalue weighted by atomic mass is 10.1. The Kier molecular flexibility index (Phi) is 4.89. The zero-order chi connectivity index (χ0) is 17.1. The van der Waals surface area contributed by atoms with Crippen LogP contribution in [0.1, 0.15) is 37.1 Å². The van der Waals surface area contributed by atoms with E-state index in [0.717, 1.165) is 11.6 Å². The summed E-state index contributed by atoms with van der Waals surface area (Å²) in [7, 11) is 0.